The Morgan fingerprint density at radius 1 is 1.39 bits per heavy atom. The first-order valence-electron chi connectivity index (χ1n) is 6.80. The van der Waals surface area contributed by atoms with Gasteiger partial charge in [-0.1, -0.05) is 37.6 Å². The molecule has 1 N–H and O–H groups in total. The van der Waals surface area contributed by atoms with Gasteiger partial charge in [-0.2, -0.15) is 0 Å². The maximum Gasteiger partial charge on any atom is 0.0642 e. The first kappa shape index (κ1) is 13.7. The van der Waals surface area contributed by atoms with E-state index in [1.807, 2.05) is 12.1 Å². The lowest BCUT2D eigenvalue weighted by Crippen LogP contribution is -2.24. The van der Waals surface area contributed by atoms with Crippen LogP contribution in [0.25, 0.3) is 0 Å². The number of benzene rings is 1. The number of hydrogen-bond donors (Lipinski definition) is 1. The highest BCUT2D eigenvalue weighted by atomic mass is 35.5. The summed E-state index contributed by atoms with van der Waals surface area (Å²) < 4.78 is 0. The van der Waals surface area contributed by atoms with E-state index in [-0.39, 0.29) is 0 Å². The summed E-state index contributed by atoms with van der Waals surface area (Å²) in [4.78, 5) is 2.34. The Labute approximate surface area is 115 Å². The molecule has 0 heterocycles. The zero-order chi connectivity index (χ0) is 13.1. The molecule has 1 aliphatic carbocycles. The molecule has 0 unspecified atom stereocenters. The number of nitrogens with one attached hydrogen (secondary N) is 1. The maximum absolute atomic E-state index is 6.37. The summed E-state index contributed by atoms with van der Waals surface area (Å²) in [6.45, 7) is 6.38. The highest BCUT2D eigenvalue weighted by molar-refractivity contribution is 6.33. The average Bonchev–Trinajstić information content (AvgIpc) is 3.11. The lowest BCUT2D eigenvalue weighted by molar-refractivity contribution is 0.552. The van der Waals surface area contributed by atoms with Crippen molar-refractivity contribution in [2.24, 2.45) is 5.92 Å². The minimum atomic E-state index is 0.675. The summed E-state index contributed by atoms with van der Waals surface area (Å²) in [5.41, 5.74) is 2.51. The van der Waals surface area contributed by atoms with Gasteiger partial charge in [0, 0.05) is 19.6 Å². The summed E-state index contributed by atoms with van der Waals surface area (Å²) >= 11 is 6.37. The van der Waals surface area contributed by atoms with Crippen LogP contribution in [-0.2, 0) is 6.54 Å². The third kappa shape index (κ3) is 3.39. The second-order valence-electron chi connectivity index (χ2n) is 5.61. The van der Waals surface area contributed by atoms with Crippen LogP contribution in [0.1, 0.15) is 32.3 Å². The van der Waals surface area contributed by atoms with Gasteiger partial charge in [0.15, 0.2) is 0 Å². The molecule has 0 bridgehead atoms. The van der Waals surface area contributed by atoms with Gasteiger partial charge >= 0.3 is 0 Å². The van der Waals surface area contributed by atoms with Gasteiger partial charge in [-0.05, 0) is 36.9 Å². The molecular formula is C15H23ClN2. The number of para-hydroxylation sites is 1. The van der Waals surface area contributed by atoms with Crippen molar-refractivity contribution in [1.29, 1.82) is 0 Å². The predicted molar refractivity (Wildman–Crippen MR) is 79.4 cm³/mol. The quantitative estimate of drug-likeness (QED) is 0.845. The molecule has 1 fully saturated rings. The van der Waals surface area contributed by atoms with Gasteiger partial charge in [-0.25, -0.2) is 0 Å². The molecule has 2 nitrogen and oxygen atoms in total. The van der Waals surface area contributed by atoms with E-state index in [4.69, 9.17) is 11.6 Å². The molecule has 1 saturated carbocycles. The fourth-order valence-electron chi connectivity index (χ4n) is 2.24. The normalized spacial score (nSPS) is 15.2. The number of hydrogen-bond acceptors (Lipinski definition) is 2. The molecule has 0 aliphatic heterocycles. The van der Waals surface area contributed by atoms with E-state index in [1.54, 1.807) is 0 Å². The van der Waals surface area contributed by atoms with E-state index in [2.05, 4.69) is 37.2 Å². The Morgan fingerprint density at radius 2 is 2.11 bits per heavy atom. The highest BCUT2D eigenvalue weighted by Gasteiger charge is 2.28. The van der Waals surface area contributed by atoms with Crippen LogP contribution in [0.5, 0.6) is 0 Å². The molecule has 0 amide bonds. The Morgan fingerprint density at radius 3 is 2.72 bits per heavy atom. The highest BCUT2D eigenvalue weighted by Crippen LogP contribution is 2.36. The van der Waals surface area contributed by atoms with Crippen LogP contribution in [0.4, 0.5) is 5.69 Å². The molecule has 1 aromatic carbocycles. The van der Waals surface area contributed by atoms with Gasteiger partial charge in [-0.15, -0.1) is 0 Å². The minimum absolute atomic E-state index is 0.675. The summed E-state index contributed by atoms with van der Waals surface area (Å²) in [6.07, 6.45) is 2.58. The molecule has 0 atom stereocenters. The number of rotatable bonds is 6. The van der Waals surface area contributed by atoms with Crippen LogP contribution in [0.15, 0.2) is 18.2 Å². The van der Waals surface area contributed by atoms with Crippen molar-refractivity contribution in [2.75, 3.05) is 18.5 Å². The van der Waals surface area contributed by atoms with Gasteiger partial charge in [0.1, 0.15) is 0 Å². The van der Waals surface area contributed by atoms with Crippen LogP contribution in [-0.4, -0.2) is 19.6 Å². The van der Waals surface area contributed by atoms with E-state index >= 15 is 0 Å². The third-order valence-corrected chi connectivity index (χ3v) is 3.69. The van der Waals surface area contributed by atoms with Crippen LogP contribution in [0.2, 0.25) is 5.02 Å². The summed E-state index contributed by atoms with van der Waals surface area (Å²) in [5.74, 6) is 0.675. The third-order valence-electron chi connectivity index (χ3n) is 3.39. The molecule has 0 saturated heterocycles. The number of anilines is 1. The monoisotopic (exact) mass is 266 g/mol. The van der Waals surface area contributed by atoms with Gasteiger partial charge < -0.3 is 10.2 Å². The second kappa shape index (κ2) is 5.94. The van der Waals surface area contributed by atoms with Crippen LogP contribution < -0.4 is 10.2 Å². The fraction of sp³-hybridized carbons (Fsp3) is 0.600. The van der Waals surface area contributed by atoms with Crippen molar-refractivity contribution in [1.82, 2.24) is 5.32 Å². The van der Waals surface area contributed by atoms with E-state index in [1.165, 1.54) is 24.1 Å². The van der Waals surface area contributed by atoms with Gasteiger partial charge in [0.2, 0.25) is 0 Å². The Kier molecular flexibility index (Phi) is 4.52. The number of nitrogens with zero attached hydrogens (tertiary/aromatic N) is 1. The molecule has 1 aliphatic rings. The average molecular weight is 267 g/mol. The van der Waals surface area contributed by atoms with E-state index in [0.29, 0.717) is 12.0 Å². The zero-order valence-corrected chi connectivity index (χ0v) is 12.3. The fourth-order valence-corrected chi connectivity index (χ4v) is 2.56. The zero-order valence-electron chi connectivity index (χ0n) is 11.5. The van der Waals surface area contributed by atoms with Crippen LogP contribution >= 0.6 is 11.6 Å². The first-order chi connectivity index (χ1) is 8.59. The largest absolute Gasteiger partial charge is 0.370 e. The Balaban J connectivity index is 2.10. The van der Waals surface area contributed by atoms with Gasteiger partial charge in [-0.3, -0.25) is 0 Å². The first-order valence-corrected chi connectivity index (χ1v) is 7.18. The van der Waals surface area contributed by atoms with Crippen molar-refractivity contribution >= 4 is 17.3 Å². The van der Waals surface area contributed by atoms with E-state index in [9.17, 15) is 0 Å². The Hall–Kier alpha value is -0.730. The SMILES string of the molecule is CC(C)CNCc1cccc(Cl)c1N(C)C1CC1. The van der Waals surface area contributed by atoms with Gasteiger partial charge in [0.25, 0.3) is 0 Å². The summed E-state index contributed by atoms with van der Waals surface area (Å²) in [6, 6.07) is 6.89. The lowest BCUT2D eigenvalue weighted by Gasteiger charge is -2.24. The molecular weight excluding hydrogens is 244 g/mol. The van der Waals surface area contributed by atoms with Crippen molar-refractivity contribution in [3.8, 4) is 0 Å². The van der Waals surface area contributed by atoms with Crippen molar-refractivity contribution in [3.05, 3.63) is 28.8 Å². The van der Waals surface area contributed by atoms with Gasteiger partial charge in [0.05, 0.1) is 10.7 Å². The smallest absolute Gasteiger partial charge is 0.0642 e. The molecule has 18 heavy (non-hydrogen) atoms. The topological polar surface area (TPSA) is 15.3 Å². The number of halogens is 1. The molecule has 0 aromatic heterocycles. The van der Waals surface area contributed by atoms with E-state index < -0.39 is 0 Å². The van der Waals surface area contributed by atoms with Crippen molar-refractivity contribution < 1.29 is 0 Å². The van der Waals surface area contributed by atoms with Crippen molar-refractivity contribution in [2.45, 2.75) is 39.3 Å². The second-order valence-corrected chi connectivity index (χ2v) is 6.02. The van der Waals surface area contributed by atoms with Crippen molar-refractivity contribution in [3.63, 3.8) is 0 Å². The minimum Gasteiger partial charge on any atom is -0.370 e. The molecule has 3 heteroatoms. The van der Waals surface area contributed by atoms with E-state index in [0.717, 1.165) is 18.1 Å². The summed E-state index contributed by atoms with van der Waals surface area (Å²) in [5, 5.41) is 4.37. The molecule has 100 valence electrons. The molecule has 2 rings (SSSR count). The standard InChI is InChI=1S/C15H23ClN2/c1-11(2)9-17-10-12-5-4-6-14(16)15(12)18(3)13-7-8-13/h4-6,11,13,17H,7-10H2,1-3H3. The van der Waals surface area contributed by atoms with Crippen LogP contribution in [0.3, 0.4) is 0 Å². The molecule has 1 aromatic rings. The van der Waals surface area contributed by atoms with Crippen LogP contribution in [0, 0.1) is 5.92 Å². The lowest BCUT2D eigenvalue weighted by atomic mass is 10.1. The Bertz CT molecular complexity index is 399. The molecule has 0 spiro atoms. The maximum atomic E-state index is 6.37. The predicted octanol–water partition coefficient (Wildman–Crippen LogP) is 3.68. The summed E-state index contributed by atoms with van der Waals surface area (Å²) in [7, 11) is 2.16. The molecule has 0 radical (unpaired) electrons.